The number of allylic oxidation sites excluding steroid dienone is 1. The molecule has 0 saturated carbocycles. The lowest BCUT2D eigenvalue weighted by atomic mass is 9.88. The van der Waals surface area contributed by atoms with Gasteiger partial charge in [-0.15, -0.1) is 0 Å². The van der Waals surface area contributed by atoms with Gasteiger partial charge < -0.3 is 78.0 Å². The highest BCUT2D eigenvalue weighted by atomic mass is 35.5. The van der Waals surface area contributed by atoms with Gasteiger partial charge in [0.25, 0.3) is 5.91 Å². The number of carbonyl (C=O) groups is 2. The van der Waals surface area contributed by atoms with E-state index >= 15 is 0 Å². The normalized spacial score (nSPS) is 34.3. The molecule has 73 heavy (non-hydrogen) atoms. The SMILES string of the molecule is COc1c(OC(C)C)cc2cc(O)c(C(=O)NC3Cc4ccc(c(Cl)n4)O[C@H]4C=C5C#C/C(=C\C#C[C@@H]6OC56[C@@H]4O[C@H]4C[C@@](C)(O)[C@@H](O)[C@H](C)O4)C(O[C@H]4C[C@H](O)[C@H](N(C)C)[C@H](C)O4)COC3=O)cc2c1OC. The molecule has 5 aliphatic heterocycles. The number of benzene rings is 2. The number of nitrogens with zero attached hydrogens (tertiary/aromatic N) is 2. The number of methoxy groups -OCH3 is 2. The number of hydrogen-bond donors (Lipinski definition) is 5. The molecule has 7 aliphatic rings. The van der Waals surface area contributed by atoms with Crippen molar-refractivity contribution in [2.45, 2.75) is 145 Å². The summed E-state index contributed by atoms with van der Waals surface area (Å²) in [6.45, 7) is 8.20. The number of rotatable bonds is 11. The largest absolute Gasteiger partial charge is 0.507 e. The lowest BCUT2D eigenvalue weighted by Gasteiger charge is -2.43. The number of aromatic nitrogens is 1. The molecule has 3 fully saturated rings. The van der Waals surface area contributed by atoms with Gasteiger partial charge in [0.1, 0.15) is 42.8 Å². The molecular weight excluding hydrogens is 970 g/mol. The van der Waals surface area contributed by atoms with Crippen LogP contribution < -0.4 is 24.3 Å². The Labute approximate surface area is 427 Å². The first-order chi connectivity index (χ1) is 34.7. The van der Waals surface area contributed by atoms with Crippen LogP contribution in [0.3, 0.4) is 0 Å². The zero-order valence-electron chi connectivity index (χ0n) is 41.8. The second kappa shape index (κ2) is 20.6. The molecule has 390 valence electrons. The molecule has 1 spiro atoms. The number of ether oxygens (including phenoxy) is 10. The first-order valence-electron chi connectivity index (χ1n) is 24.1. The average molecular weight is 1030 g/mol. The molecule has 3 saturated heterocycles. The Bertz CT molecular complexity index is 2840. The third-order valence-electron chi connectivity index (χ3n) is 13.8. The maximum absolute atomic E-state index is 14.5. The predicted molar refractivity (Wildman–Crippen MR) is 261 cm³/mol. The van der Waals surface area contributed by atoms with Crippen molar-refractivity contribution >= 4 is 34.2 Å². The molecule has 5 N–H and O–H groups in total. The molecule has 2 aromatic carbocycles. The van der Waals surface area contributed by atoms with Crippen LogP contribution in [0.5, 0.6) is 28.7 Å². The molecule has 3 unspecified atom stereocenters. The van der Waals surface area contributed by atoms with E-state index in [4.69, 9.17) is 59.0 Å². The number of carbonyl (C=O) groups excluding carboxylic acids is 2. The van der Waals surface area contributed by atoms with Gasteiger partial charge in [-0.2, -0.15) is 0 Å². The van der Waals surface area contributed by atoms with Crippen LogP contribution in [0.4, 0.5) is 0 Å². The molecule has 10 rings (SSSR count). The summed E-state index contributed by atoms with van der Waals surface area (Å²) in [6, 6.07) is 5.81. The van der Waals surface area contributed by atoms with Gasteiger partial charge in [-0.3, -0.25) is 4.79 Å². The minimum Gasteiger partial charge on any atom is -0.507 e. The quantitative estimate of drug-likeness (QED) is 0.0800. The number of fused-ring (bicyclic) bond motifs is 8. The average Bonchev–Trinajstić information content (AvgIpc) is 3.95. The van der Waals surface area contributed by atoms with Gasteiger partial charge in [0.2, 0.25) is 5.75 Å². The molecule has 20 heteroatoms. The van der Waals surface area contributed by atoms with Gasteiger partial charge in [-0.05, 0) is 90.5 Å². The van der Waals surface area contributed by atoms with Crippen molar-refractivity contribution in [3.8, 4) is 52.4 Å². The van der Waals surface area contributed by atoms with Crippen LogP contribution in [0.2, 0.25) is 5.15 Å². The summed E-state index contributed by atoms with van der Waals surface area (Å²) >= 11 is 6.86. The molecule has 0 radical (unpaired) electrons. The molecule has 14 atom stereocenters. The van der Waals surface area contributed by atoms with Crippen LogP contribution in [0.1, 0.15) is 63.5 Å². The molecular formula is C53H60ClN3O16. The van der Waals surface area contributed by atoms with Gasteiger partial charge in [0.05, 0.1) is 55.8 Å². The molecule has 1 aromatic heterocycles. The second-order valence-corrected chi connectivity index (χ2v) is 20.1. The first kappa shape index (κ1) is 52.2. The van der Waals surface area contributed by atoms with Gasteiger partial charge in [0, 0.05) is 47.6 Å². The van der Waals surface area contributed by atoms with Crippen molar-refractivity contribution in [3.63, 3.8) is 0 Å². The zero-order valence-corrected chi connectivity index (χ0v) is 42.6. The molecule has 1 amide bonds. The van der Waals surface area contributed by atoms with E-state index in [0.717, 1.165) is 0 Å². The third-order valence-corrected chi connectivity index (χ3v) is 14.1. The van der Waals surface area contributed by atoms with E-state index in [2.05, 4.69) is 34.0 Å². The summed E-state index contributed by atoms with van der Waals surface area (Å²) in [7, 11) is 6.58. The Morgan fingerprint density at radius 1 is 1.03 bits per heavy atom. The van der Waals surface area contributed by atoms with Crippen LogP contribution in [-0.4, -0.2) is 168 Å². The standard InChI is InChI=1S/C53H60ClN3O16/c1-25(2)67-38-18-29-17-35(58)33(21-32(29)45(64-8)46(38)65-9)50(61)56-34-20-31-15-16-37(49(54)55-31)70-39-19-30-14-13-28(40(24-66-51(34)62)71-42-22-36(59)44(57(6)7)26(3)68-42)11-10-12-41-53(30,73-41)48(39)72-43-23-52(5,63)47(60)27(4)69-43/h11,15-19,21,25-27,34,36,39-44,47-48,58-60,63H,20,22-24H2,1-9H3,(H,56,61)/b28-11+/t26-,27-,34?,36-,39-,40?,41-,42-,43-,44+,47-,48+,52+,53?/m0/s1. The van der Waals surface area contributed by atoms with E-state index in [-0.39, 0.29) is 70.6 Å². The van der Waals surface area contributed by atoms with E-state index in [1.54, 1.807) is 31.2 Å². The van der Waals surface area contributed by atoms with Crippen molar-refractivity contribution in [3.05, 3.63) is 70.0 Å². The highest BCUT2D eigenvalue weighted by molar-refractivity contribution is 6.30. The van der Waals surface area contributed by atoms with Gasteiger partial charge in [-0.1, -0.05) is 35.3 Å². The fraction of sp³-hybridized carbons (Fsp3) is 0.528. The van der Waals surface area contributed by atoms with Crippen molar-refractivity contribution in [1.82, 2.24) is 15.2 Å². The number of pyridine rings is 1. The Balaban J connectivity index is 1.09. The highest BCUT2D eigenvalue weighted by Gasteiger charge is 2.70. The van der Waals surface area contributed by atoms with E-state index < -0.39 is 103 Å². The monoisotopic (exact) mass is 1030 g/mol. The third kappa shape index (κ3) is 10.3. The summed E-state index contributed by atoms with van der Waals surface area (Å²) in [5, 5.41) is 48.0. The Morgan fingerprint density at radius 3 is 2.47 bits per heavy atom. The van der Waals surface area contributed by atoms with E-state index in [0.29, 0.717) is 22.1 Å². The lowest BCUT2D eigenvalue weighted by Crippen LogP contribution is -2.57. The van der Waals surface area contributed by atoms with Crippen molar-refractivity contribution in [1.29, 1.82) is 0 Å². The van der Waals surface area contributed by atoms with Crippen LogP contribution in [0.25, 0.3) is 10.8 Å². The summed E-state index contributed by atoms with van der Waals surface area (Å²) < 4.78 is 61.9. The van der Waals surface area contributed by atoms with E-state index in [1.165, 1.54) is 39.4 Å². The number of aliphatic hydroxyl groups excluding tert-OH is 2. The van der Waals surface area contributed by atoms with Crippen LogP contribution in [-0.2, 0) is 39.6 Å². The Hall–Kier alpha value is -5.68. The number of amides is 1. The maximum Gasteiger partial charge on any atom is 0.329 e. The molecule has 3 aromatic rings. The lowest BCUT2D eigenvalue weighted by molar-refractivity contribution is -0.290. The number of epoxide rings is 1. The number of phenols is 1. The van der Waals surface area contributed by atoms with Crippen LogP contribution in [0, 0.1) is 23.7 Å². The minimum atomic E-state index is -1.55. The number of likely N-dealkylation sites (N-methyl/N-ethyl adjacent to an activating group) is 1. The van der Waals surface area contributed by atoms with Crippen molar-refractivity contribution in [2.24, 2.45) is 0 Å². The number of halogens is 1. The molecule has 5 bridgehead atoms. The van der Waals surface area contributed by atoms with Crippen molar-refractivity contribution < 1.29 is 77.4 Å². The highest BCUT2D eigenvalue weighted by Crippen LogP contribution is 2.54. The predicted octanol–water partition coefficient (Wildman–Crippen LogP) is 3.51. The number of aromatic hydroxyl groups is 1. The Kier molecular flexibility index (Phi) is 14.7. The number of esters is 1. The molecule has 2 aliphatic carbocycles. The van der Waals surface area contributed by atoms with Crippen molar-refractivity contribution in [2.75, 3.05) is 34.9 Å². The number of nitrogens with one attached hydrogen (secondary N) is 1. The van der Waals surface area contributed by atoms with Gasteiger partial charge >= 0.3 is 5.97 Å². The molecule has 19 nitrogen and oxygen atoms in total. The zero-order chi connectivity index (χ0) is 52.3. The van der Waals surface area contributed by atoms with Gasteiger partial charge in [0.15, 0.2) is 46.7 Å². The number of hydrogen-bond acceptors (Lipinski definition) is 18. The topological polar surface area (TPSA) is 239 Å². The Morgan fingerprint density at radius 2 is 1.78 bits per heavy atom. The summed E-state index contributed by atoms with van der Waals surface area (Å²) in [4.78, 5) is 35.3. The smallest absolute Gasteiger partial charge is 0.329 e. The fourth-order valence-electron chi connectivity index (χ4n) is 10.3. The maximum atomic E-state index is 14.5. The fourth-order valence-corrected chi connectivity index (χ4v) is 10.5. The number of aliphatic hydroxyl groups is 3. The second-order valence-electron chi connectivity index (χ2n) is 19.7. The summed E-state index contributed by atoms with van der Waals surface area (Å²) in [5.41, 5.74) is -2.05. The van der Waals surface area contributed by atoms with E-state index in [9.17, 15) is 30.0 Å². The first-order valence-corrected chi connectivity index (χ1v) is 24.5. The number of phenolic OH excluding ortho intramolecular Hbond substituents is 1. The van der Waals surface area contributed by atoms with E-state index in [1.807, 2.05) is 39.8 Å². The summed E-state index contributed by atoms with van der Waals surface area (Å²) in [5.74, 6) is 11.4. The summed E-state index contributed by atoms with van der Waals surface area (Å²) in [6.07, 6.45) is -6.35. The van der Waals surface area contributed by atoms with Crippen LogP contribution >= 0.6 is 11.6 Å². The van der Waals surface area contributed by atoms with Gasteiger partial charge in [-0.25, -0.2) is 9.78 Å². The minimum absolute atomic E-state index is 0.0664. The van der Waals surface area contributed by atoms with Crippen LogP contribution in [0.15, 0.2) is 53.6 Å². The molecule has 6 heterocycles.